The van der Waals surface area contributed by atoms with Crippen LogP contribution in [0.3, 0.4) is 0 Å². The van der Waals surface area contributed by atoms with Gasteiger partial charge in [0, 0.05) is 10.3 Å². The zero-order valence-electron chi connectivity index (χ0n) is 5.81. The molecule has 0 aromatic carbocycles. The molecule has 0 unspecified atom stereocenters. The van der Waals surface area contributed by atoms with E-state index in [9.17, 15) is 0 Å². The topological polar surface area (TPSA) is 12.0 Å². The highest BCUT2D eigenvalue weighted by Crippen LogP contribution is 2.18. The molecule has 2 heterocycles. The van der Waals surface area contributed by atoms with Crippen molar-refractivity contribution in [3.63, 3.8) is 0 Å². The monoisotopic (exact) mass is 152 g/mol. The van der Waals surface area contributed by atoms with Crippen molar-refractivity contribution in [2.45, 2.75) is 12.8 Å². The largest absolute Gasteiger partial charge is 0.316 e. The quantitative estimate of drug-likeness (QED) is 0.589. The fourth-order valence-corrected chi connectivity index (χ4v) is 2.13. The van der Waals surface area contributed by atoms with Gasteiger partial charge in [0.25, 0.3) is 0 Å². The van der Waals surface area contributed by atoms with E-state index in [1.54, 1.807) is 11.3 Å². The van der Waals surface area contributed by atoms with Crippen LogP contribution in [0.25, 0.3) is 0 Å². The number of thiophene rings is 1. The second-order valence-corrected chi connectivity index (χ2v) is 3.50. The first-order chi connectivity index (χ1) is 4.97. The maximum atomic E-state index is 3.37. The van der Waals surface area contributed by atoms with Gasteiger partial charge in [0.1, 0.15) is 0 Å². The Morgan fingerprint density at radius 3 is 3.30 bits per heavy atom. The van der Waals surface area contributed by atoms with Crippen molar-refractivity contribution in [3.05, 3.63) is 21.9 Å². The number of rotatable bonds is 0. The van der Waals surface area contributed by atoms with Crippen molar-refractivity contribution in [1.29, 1.82) is 0 Å². The lowest BCUT2D eigenvalue weighted by Gasteiger charge is -1.93. The van der Waals surface area contributed by atoms with Crippen molar-refractivity contribution in [1.82, 2.24) is 5.32 Å². The molecule has 0 saturated heterocycles. The van der Waals surface area contributed by atoms with Crippen LogP contribution in [0.1, 0.15) is 10.4 Å². The molecule has 1 aliphatic rings. The zero-order chi connectivity index (χ0) is 6.81. The van der Waals surface area contributed by atoms with Crippen molar-refractivity contribution in [2.75, 3.05) is 13.1 Å². The Kier molecular flexibility index (Phi) is 1.74. The van der Waals surface area contributed by atoms with Crippen LogP contribution in [-0.2, 0) is 12.8 Å². The Balaban J connectivity index is 2.28. The van der Waals surface area contributed by atoms with Crippen LogP contribution in [0, 0.1) is 5.38 Å². The van der Waals surface area contributed by atoms with Crippen LogP contribution < -0.4 is 5.32 Å². The second-order valence-electron chi connectivity index (χ2n) is 2.56. The van der Waals surface area contributed by atoms with Gasteiger partial charge < -0.3 is 5.32 Å². The highest BCUT2D eigenvalue weighted by Gasteiger charge is 2.06. The van der Waals surface area contributed by atoms with E-state index in [0.717, 1.165) is 13.1 Å². The molecule has 53 valence electrons. The Morgan fingerprint density at radius 2 is 2.30 bits per heavy atom. The molecule has 0 atom stereocenters. The number of fused-ring (bicyclic) bond motifs is 1. The third-order valence-corrected chi connectivity index (χ3v) is 2.82. The first-order valence-corrected chi connectivity index (χ1v) is 4.47. The maximum Gasteiger partial charge on any atom is 0.0448 e. The van der Waals surface area contributed by atoms with Gasteiger partial charge in [-0.25, -0.2) is 0 Å². The summed E-state index contributed by atoms with van der Waals surface area (Å²) in [6, 6.07) is 2.13. The lowest BCUT2D eigenvalue weighted by atomic mass is 10.2. The van der Waals surface area contributed by atoms with Crippen molar-refractivity contribution in [2.24, 2.45) is 0 Å². The summed E-state index contributed by atoms with van der Waals surface area (Å²) < 4.78 is 0. The molecule has 0 aliphatic carbocycles. The van der Waals surface area contributed by atoms with Crippen LogP contribution in [0.5, 0.6) is 0 Å². The van der Waals surface area contributed by atoms with Gasteiger partial charge in [-0.3, -0.25) is 0 Å². The molecular formula is C8H10NS. The molecule has 1 N–H and O–H groups in total. The minimum absolute atomic E-state index is 1.14. The number of nitrogens with one attached hydrogen (secondary N) is 1. The summed E-state index contributed by atoms with van der Waals surface area (Å²) in [5, 5.41) is 6.55. The van der Waals surface area contributed by atoms with Gasteiger partial charge in [0.05, 0.1) is 0 Å². The lowest BCUT2D eigenvalue weighted by molar-refractivity contribution is 0.712. The minimum Gasteiger partial charge on any atom is -0.316 e. The van der Waals surface area contributed by atoms with Gasteiger partial charge in [-0.1, -0.05) is 0 Å². The molecule has 1 nitrogen and oxygen atoms in total. The highest BCUT2D eigenvalue weighted by atomic mass is 32.1. The van der Waals surface area contributed by atoms with Crippen molar-refractivity contribution < 1.29 is 0 Å². The fourth-order valence-electron chi connectivity index (χ4n) is 1.29. The van der Waals surface area contributed by atoms with Crippen molar-refractivity contribution >= 4 is 11.3 Å². The van der Waals surface area contributed by atoms with Gasteiger partial charge in [0.2, 0.25) is 0 Å². The Labute approximate surface area is 65.1 Å². The van der Waals surface area contributed by atoms with Crippen LogP contribution in [0.15, 0.2) is 6.07 Å². The molecule has 2 rings (SSSR count). The summed E-state index contributed by atoms with van der Waals surface area (Å²) in [6.07, 6.45) is 2.39. The molecule has 1 aromatic rings. The van der Waals surface area contributed by atoms with Crippen LogP contribution in [-0.4, -0.2) is 13.1 Å². The van der Waals surface area contributed by atoms with Crippen LogP contribution in [0.2, 0.25) is 0 Å². The van der Waals surface area contributed by atoms with E-state index in [2.05, 4.69) is 16.8 Å². The van der Waals surface area contributed by atoms with Gasteiger partial charge in [-0.2, -0.15) is 0 Å². The summed E-state index contributed by atoms with van der Waals surface area (Å²) >= 11 is 1.77. The molecule has 0 spiro atoms. The van der Waals surface area contributed by atoms with E-state index in [4.69, 9.17) is 0 Å². The predicted molar refractivity (Wildman–Crippen MR) is 43.4 cm³/mol. The van der Waals surface area contributed by atoms with Gasteiger partial charge >= 0.3 is 0 Å². The average Bonchev–Trinajstić information content (AvgIpc) is 2.28. The molecule has 0 bridgehead atoms. The Morgan fingerprint density at radius 1 is 1.40 bits per heavy atom. The molecule has 2 heteroatoms. The summed E-state index contributed by atoms with van der Waals surface area (Å²) in [7, 11) is 0. The van der Waals surface area contributed by atoms with Gasteiger partial charge in [-0.05, 0) is 37.6 Å². The van der Waals surface area contributed by atoms with Crippen molar-refractivity contribution in [3.8, 4) is 0 Å². The Bertz CT molecular complexity index is 196. The fraction of sp³-hybridized carbons (Fsp3) is 0.500. The van der Waals surface area contributed by atoms with E-state index in [1.807, 2.05) is 0 Å². The van der Waals surface area contributed by atoms with Gasteiger partial charge in [-0.15, -0.1) is 11.3 Å². The molecule has 10 heavy (non-hydrogen) atoms. The Hall–Kier alpha value is -0.340. The molecule has 0 saturated carbocycles. The van der Waals surface area contributed by atoms with E-state index in [-0.39, 0.29) is 0 Å². The highest BCUT2D eigenvalue weighted by molar-refractivity contribution is 7.09. The molecule has 0 amide bonds. The molecule has 1 aromatic heterocycles. The minimum atomic E-state index is 1.14. The molecule has 1 radical (unpaired) electrons. The van der Waals surface area contributed by atoms with E-state index < -0.39 is 0 Å². The molecule has 1 aliphatic heterocycles. The average molecular weight is 152 g/mol. The summed E-state index contributed by atoms with van der Waals surface area (Å²) in [5.74, 6) is 0. The van der Waals surface area contributed by atoms with E-state index >= 15 is 0 Å². The van der Waals surface area contributed by atoms with Crippen LogP contribution >= 0.6 is 11.3 Å². The number of hydrogen-bond donors (Lipinski definition) is 1. The zero-order valence-corrected chi connectivity index (χ0v) is 6.63. The lowest BCUT2D eigenvalue weighted by Crippen LogP contribution is -2.16. The summed E-state index contributed by atoms with van der Waals surface area (Å²) in [6.45, 7) is 2.28. The normalized spacial score (nSPS) is 18.0. The molecule has 0 fully saturated rings. The first kappa shape index (κ1) is 6.38. The summed E-state index contributed by atoms with van der Waals surface area (Å²) in [5.41, 5.74) is 1.51. The first-order valence-electron chi connectivity index (χ1n) is 3.65. The molecular weight excluding hydrogens is 142 g/mol. The van der Waals surface area contributed by atoms with E-state index in [0.29, 0.717) is 0 Å². The van der Waals surface area contributed by atoms with Crippen LogP contribution in [0.4, 0.5) is 0 Å². The maximum absolute atomic E-state index is 3.37. The second kappa shape index (κ2) is 2.72. The smallest absolute Gasteiger partial charge is 0.0448 e. The third kappa shape index (κ3) is 1.09. The predicted octanol–water partition coefficient (Wildman–Crippen LogP) is 1.24. The SMILES string of the molecule is [c]1cc2c(s1)CCNCC2. The third-order valence-electron chi connectivity index (χ3n) is 1.87. The van der Waals surface area contributed by atoms with Gasteiger partial charge in [0.15, 0.2) is 0 Å². The number of hydrogen-bond acceptors (Lipinski definition) is 2. The standard InChI is InChI=1S/C8H10NS/c1-4-9-5-2-8-7(1)3-6-10-8/h3,9H,1-2,4-5H2. The summed E-state index contributed by atoms with van der Waals surface area (Å²) in [4.78, 5) is 1.53. The van der Waals surface area contributed by atoms with E-state index in [1.165, 1.54) is 23.3 Å².